The molecule has 0 unspecified atom stereocenters. The number of hydrogen-bond donors (Lipinski definition) is 1. The van der Waals surface area contributed by atoms with E-state index in [-0.39, 0.29) is 16.9 Å². The molecule has 0 aliphatic heterocycles. The van der Waals surface area contributed by atoms with Crippen LogP contribution >= 0.6 is 0 Å². The molecule has 25 heavy (non-hydrogen) atoms. The number of hydrogen-bond acceptors (Lipinski definition) is 6. The number of nitro benzene ring substituents is 2. The molecule has 0 fully saturated rings. The van der Waals surface area contributed by atoms with Crippen LogP contribution in [0.25, 0.3) is 0 Å². The lowest BCUT2D eigenvalue weighted by atomic mass is 10.1. The lowest BCUT2D eigenvalue weighted by molar-refractivity contribution is -0.385. The van der Waals surface area contributed by atoms with Crippen molar-refractivity contribution in [2.24, 2.45) is 5.10 Å². The molecule has 0 radical (unpaired) electrons. The van der Waals surface area contributed by atoms with Gasteiger partial charge in [-0.3, -0.25) is 25.0 Å². The molecule has 0 spiro atoms. The lowest BCUT2D eigenvalue weighted by Crippen LogP contribution is -2.19. The third kappa shape index (κ3) is 4.22. The van der Waals surface area contributed by atoms with E-state index in [4.69, 9.17) is 0 Å². The Labute approximate surface area is 142 Å². The molecule has 2 aromatic carbocycles. The van der Waals surface area contributed by atoms with Gasteiger partial charge in [0, 0.05) is 29.3 Å². The van der Waals surface area contributed by atoms with Crippen LogP contribution in [0.15, 0.2) is 47.6 Å². The molecule has 0 heterocycles. The number of nitrogens with zero attached hydrogens (tertiary/aromatic N) is 3. The molecule has 9 nitrogen and oxygen atoms in total. The van der Waals surface area contributed by atoms with Crippen LogP contribution in [-0.4, -0.2) is 21.5 Å². The van der Waals surface area contributed by atoms with Crippen molar-refractivity contribution in [3.8, 4) is 0 Å². The van der Waals surface area contributed by atoms with Gasteiger partial charge < -0.3 is 0 Å². The minimum absolute atomic E-state index is 0.0486. The number of carbonyl (C=O) groups excluding carboxylic acids is 1. The number of nitrogens with one attached hydrogen (secondary N) is 1. The van der Waals surface area contributed by atoms with Gasteiger partial charge in [0.25, 0.3) is 17.3 Å². The Kier molecular flexibility index (Phi) is 5.18. The molecule has 0 aromatic heterocycles. The minimum atomic E-state index is -0.593. The highest BCUT2D eigenvalue weighted by atomic mass is 16.6. The van der Waals surface area contributed by atoms with Crippen molar-refractivity contribution >= 4 is 23.0 Å². The number of carbonyl (C=O) groups is 1. The van der Waals surface area contributed by atoms with Crippen molar-refractivity contribution < 1.29 is 14.6 Å². The normalized spacial score (nSPS) is 11.0. The summed E-state index contributed by atoms with van der Waals surface area (Å²) in [6, 6.07) is 9.83. The van der Waals surface area contributed by atoms with Gasteiger partial charge in [0.2, 0.25) is 0 Å². The Bertz CT molecular complexity index is 875. The van der Waals surface area contributed by atoms with E-state index in [1.54, 1.807) is 13.8 Å². The second-order valence-corrected chi connectivity index (χ2v) is 5.20. The van der Waals surface area contributed by atoms with Crippen molar-refractivity contribution in [3.63, 3.8) is 0 Å². The van der Waals surface area contributed by atoms with Crippen LogP contribution < -0.4 is 5.43 Å². The molecular formula is C16H14N4O5. The molecule has 0 bridgehead atoms. The molecule has 1 N–H and O–H groups in total. The third-order valence-corrected chi connectivity index (χ3v) is 3.49. The van der Waals surface area contributed by atoms with Gasteiger partial charge in [0.05, 0.1) is 15.6 Å². The van der Waals surface area contributed by atoms with Crippen molar-refractivity contribution in [1.82, 2.24) is 5.43 Å². The highest BCUT2D eigenvalue weighted by molar-refractivity contribution is 6.01. The number of aryl methyl sites for hydroxylation is 1. The number of benzene rings is 2. The van der Waals surface area contributed by atoms with Crippen molar-refractivity contribution in [1.29, 1.82) is 0 Å². The van der Waals surface area contributed by atoms with Crippen LogP contribution in [0.1, 0.15) is 28.4 Å². The Morgan fingerprint density at radius 2 is 1.60 bits per heavy atom. The molecule has 0 atom stereocenters. The molecule has 0 aliphatic rings. The van der Waals surface area contributed by atoms with Crippen LogP contribution in [0.4, 0.5) is 11.4 Å². The molecule has 0 saturated heterocycles. The van der Waals surface area contributed by atoms with Gasteiger partial charge in [-0.05, 0) is 37.6 Å². The molecule has 128 valence electrons. The molecule has 9 heteroatoms. The van der Waals surface area contributed by atoms with E-state index in [1.807, 2.05) is 0 Å². The fourth-order valence-corrected chi connectivity index (χ4v) is 2.04. The zero-order valence-corrected chi connectivity index (χ0v) is 13.4. The van der Waals surface area contributed by atoms with Gasteiger partial charge in [0.15, 0.2) is 0 Å². The van der Waals surface area contributed by atoms with E-state index in [0.29, 0.717) is 16.8 Å². The molecular weight excluding hydrogens is 328 g/mol. The van der Waals surface area contributed by atoms with Crippen LogP contribution in [0.3, 0.4) is 0 Å². The molecule has 1 amide bonds. The quantitative estimate of drug-likeness (QED) is 0.507. The average Bonchev–Trinajstić information content (AvgIpc) is 2.59. The summed E-state index contributed by atoms with van der Waals surface area (Å²) in [6.07, 6.45) is 0. The van der Waals surface area contributed by atoms with E-state index in [2.05, 4.69) is 10.5 Å². The molecule has 2 rings (SSSR count). The summed E-state index contributed by atoms with van der Waals surface area (Å²) in [7, 11) is 0. The van der Waals surface area contributed by atoms with Gasteiger partial charge in [-0.15, -0.1) is 0 Å². The number of hydrazone groups is 1. The summed E-state index contributed by atoms with van der Waals surface area (Å²) in [4.78, 5) is 32.6. The maximum atomic E-state index is 12.1. The van der Waals surface area contributed by atoms with Gasteiger partial charge in [-0.25, -0.2) is 5.43 Å². The smallest absolute Gasteiger partial charge is 0.267 e. The fraction of sp³-hybridized carbons (Fsp3) is 0.125. The number of nitro groups is 2. The van der Waals surface area contributed by atoms with Crippen LogP contribution in [-0.2, 0) is 0 Å². The van der Waals surface area contributed by atoms with Crippen molar-refractivity contribution in [2.75, 3.05) is 0 Å². The van der Waals surface area contributed by atoms with E-state index in [0.717, 1.165) is 0 Å². The largest absolute Gasteiger partial charge is 0.273 e. The van der Waals surface area contributed by atoms with Crippen LogP contribution in [0, 0.1) is 27.2 Å². The first-order chi connectivity index (χ1) is 11.8. The Morgan fingerprint density at radius 3 is 2.16 bits per heavy atom. The second kappa shape index (κ2) is 7.30. The van der Waals surface area contributed by atoms with Crippen LogP contribution in [0.5, 0.6) is 0 Å². The number of non-ortho nitro benzene ring substituents is 1. The first-order valence-corrected chi connectivity index (χ1v) is 7.14. The Hall–Kier alpha value is -3.62. The zero-order valence-electron chi connectivity index (χ0n) is 13.4. The van der Waals surface area contributed by atoms with Crippen molar-refractivity contribution in [3.05, 3.63) is 79.4 Å². The summed E-state index contributed by atoms with van der Waals surface area (Å²) in [5.74, 6) is -0.593. The molecule has 2 aromatic rings. The Morgan fingerprint density at radius 1 is 1.00 bits per heavy atom. The van der Waals surface area contributed by atoms with Gasteiger partial charge in [-0.2, -0.15) is 5.10 Å². The first-order valence-electron chi connectivity index (χ1n) is 7.14. The standard InChI is InChI=1S/C16H14N4O5/c1-10-3-4-13(9-15(10)20(24)25)16(21)18-17-11(2)12-5-7-14(8-6-12)19(22)23/h3-9H,1-2H3,(H,18,21). The predicted octanol–water partition coefficient (Wildman–Crippen LogP) is 2.97. The van der Waals surface area contributed by atoms with Gasteiger partial charge >= 0.3 is 0 Å². The highest BCUT2D eigenvalue weighted by Crippen LogP contribution is 2.19. The van der Waals surface area contributed by atoms with E-state index in [9.17, 15) is 25.0 Å². The zero-order chi connectivity index (χ0) is 18.6. The van der Waals surface area contributed by atoms with Gasteiger partial charge in [0.1, 0.15) is 0 Å². The average molecular weight is 342 g/mol. The number of amides is 1. The second-order valence-electron chi connectivity index (χ2n) is 5.20. The third-order valence-electron chi connectivity index (χ3n) is 3.49. The molecule has 0 aliphatic carbocycles. The van der Waals surface area contributed by atoms with Gasteiger partial charge in [-0.1, -0.05) is 6.07 Å². The molecule has 0 saturated carbocycles. The van der Waals surface area contributed by atoms with E-state index >= 15 is 0 Å². The summed E-state index contributed by atoms with van der Waals surface area (Å²) >= 11 is 0. The minimum Gasteiger partial charge on any atom is -0.267 e. The Balaban J connectivity index is 2.15. The summed E-state index contributed by atoms with van der Waals surface area (Å²) in [5.41, 5.74) is 3.71. The topological polar surface area (TPSA) is 128 Å². The lowest BCUT2D eigenvalue weighted by Gasteiger charge is -2.04. The van der Waals surface area contributed by atoms with Crippen LogP contribution in [0.2, 0.25) is 0 Å². The predicted molar refractivity (Wildman–Crippen MR) is 90.6 cm³/mol. The highest BCUT2D eigenvalue weighted by Gasteiger charge is 2.15. The maximum absolute atomic E-state index is 12.1. The monoisotopic (exact) mass is 342 g/mol. The van der Waals surface area contributed by atoms with E-state index < -0.39 is 15.8 Å². The maximum Gasteiger partial charge on any atom is 0.273 e. The number of rotatable bonds is 5. The fourth-order valence-electron chi connectivity index (χ4n) is 2.04. The van der Waals surface area contributed by atoms with Crippen molar-refractivity contribution in [2.45, 2.75) is 13.8 Å². The summed E-state index contributed by atoms with van der Waals surface area (Å²) < 4.78 is 0. The first kappa shape index (κ1) is 17.7. The summed E-state index contributed by atoms with van der Waals surface area (Å²) in [5, 5.41) is 25.5. The SMILES string of the molecule is CC(=NNC(=O)c1ccc(C)c([N+](=O)[O-])c1)c1ccc([N+](=O)[O-])cc1. The summed E-state index contributed by atoms with van der Waals surface area (Å²) in [6.45, 7) is 3.20. The van der Waals surface area contributed by atoms with E-state index in [1.165, 1.54) is 42.5 Å².